The van der Waals surface area contributed by atoms with Crippen LogP contribution in [-0.2, 0) is 6.54 Å². The van der Waals surface area contributed by atoms with Gasteiger partial charge in [-0.1, -0.05) is 0 Å². The molecule has 2 nitrogen and oxygen atoms in total. The fraction of sp³-hybridized carbons (Fsp3) is 0.167. The van der Waals surface area contributed by atoms with E-state index >= 15 is 0 Å². The van der Waals surface area contributed by atoms with E-state index in [0.717, 1.165) is 6.54 Å². The van der Waals surface area contributed by atoms with Gasteiger partial charge in [-0.25, -0.2) is 0 Å². The number of nitrogens with one attached hydrogen (secondary N) is 1. The van der Waals surface area contributed by atoms with Crippen LogP contribution < -0.4 is 6.31 Å². The van der Waals surface area contributed by atoms with E-state index in [9.17, 15) is 0 Å². The molecule has 1 heterocycles. The van der Waals surface area contributed by atoms with Crippen LogP contribution in [0.4, 0.5) is 0 Å². The van der Waals surface area contributed by atoms with Crippen LogP contribution >= 0.6 is 45.7 Å². The third-order valence-corrected chi connectivity index (χ3v) is 2.16. The summed E-state index contributed by atoms with van der Waals surface area (Å²) in [4.78, 5) is 0. The third kappa shape index (κ3) is 2.67. The van der Waals surface area contributed by atoms with Gasteiger partial charge in [0.15, 0.2) is 12.4 Å². The molecule has 0 spiro atoms. The van der Waals surface area contributed by atoms with Crippen molar-refractivity contribution in [3.8, 4) is 0 Å². The van der Waals surface area contributed by atoms with E-state index in [-0.39, 0.29) is 0 Å². The molecule has 10 heavy (non-hydrogen) atoms. The maximum Gasteiger partial charge on any atom is 0.353 e. The normalized spacial score (nSPS) is 9.80. The smallest absolute Gasteiger partial charge is 0.257 e. The molecule has 54 valence electrons. The van der Waals surface area contributed by atoms with Crippen LogP contribution in [0.25, 0.3) is 0 Å². The van der Waals surface area contributed by atoms with Crippen LogP contribution in [-0.4, -0.2) is 0 Å². The molecule has 0 radical (unpaired) electrons. The molecule has 0 saturated carbocycles. The highest BCUT2D eigenvalue weighted by Crippen LogP contribution is 1.95. The number of hydrogen-bond donors (Lipinski definition) is 1. The standard InChI is InChI=1S/C6H7I2N2/c7-9-5-6-1-3-10(8)4-2-6/h1-4,9H,5H2/q+1. The Kier molecular flexibility index (Phi) is 3.85. The number of aromatic nitrogens is 1. The lowest BCUT2D eigenvalue weighted by Crippen LogP contribution is -2.16. The minimum Gasteiger partial charge on any atom is -0.257 e. The molecule has 0 aliphatic carbocycles. The summed E-state index contributed by atoms with van der Waals surface area (Å²) in [5.41, 5.74) is 1.31. The first kappa shape index (κ1) is 8.66. The Morgan fingerprint density at radius 1 is 1.40 bits per heavy atom. The van der Waals surface area contributed by atoms with Gasteiger partial charge in [-0.2, -0.15) is 0 Å². The summed E-state index contributed by atoms with van der Waals surface area (Å²) in [6, 6.07) is 4.19. The SMILES string of the molecule is INCc1cc[n+](I)cc1. The number of halogens is 2. The molecule has 0 amide bonds. The molecule has 0 aromatic carbocycles. The van der Waals surface area contributed by atoms with E-state index in [0.29, 0.717) is 0 Å². The van der Waals surface area contributed by atoms with Gasteiger partial charge in [-0.05, 0) is 5.56 Å². The predicted octanol–water partition coefficient (Wildman–Crippen LogP) is 1.61. The van der Waals surface area contributed by atoms with Gasteiger partial charge in [0.1, 0.15) is 0 Å². The van der Waals surface area contributed by atoms with Gasteiger partial charge in [0.2, 0.25) is 0 Å². The van der Waals surface area contributed by atoms with Crippen molar-refractivity contribution in [1.82, 2.24) is 3.53 Å². The summed E-state index contributed by atoms with van der Waals surface area (Å²) in [5, 5.41) is 0. The van der Waals surface area contributed by atoms with Gasteiger partial charge in [0.05, 0.1) is 0 Å². The Hall–Kier alpha value is 0.570. The molecule has 0 aliphatic rings. The van der Waals surface area contributed by atoms with Crippen molar-refractivity contribution in [3.63, 3.8) is 0 Å². The average Bonchev–Trinajstić information content (AvgIpc) is 1.95. The molecule has 0 unspecified atom stereocenters. The first-order chi connectivity index (χ1) is 4.83. The Balaban J connectivity index is 2.69. The van der Waals surface area contributed by atoms with Crippen molar-refractivity contribution < 1.29 is 2.78 Å². The van der Waals surface area contributed by atoms with Crippen LogP contribution in [0, 0.1) is 0 Å². The maximum absolute atomic E-state index is 3.06. The van der Waals surface area contributed by atoms with Gasteiger partial charge < -0.3 is 0 Å². The summed E-state index contributed by atoms with van der Waals surface area (Å²) in [5.74, 6) is 0. The summed E-state index contributed by atoms with van der Waals surface area (Å²) < 4.78 is 5.06. The van der Waals surface area contributed by atoms with Crippen molar-refractivity contribution in [2.45, 2.75) is 6.54 Å². The highest BCUT2D eigenvalue weighted by molar-refractivity contribution is 14.1. The van der Waals surface area contributed by atoms with Crippen LogP contribution in [0.1, 0.15) is 5.56 Å². The lowest BCUT2D eigenvalue weighted by Gasteiger charge is -1.93. The molecule has 1 aromatic rings. The first-order valence-corrected chi connectivity index (χ1v) is 4.87. The first-order valence-electron chi connectivity index (χ1n) is 2.83. The second-order valence-electron chi connectivity index (χ2n) is 1.86. The fourth-order valence-corrected chi connectivity index (χ4v) is 1.40. The molecule has 1 rings (SSSR count). The lowest BCUT2D eigenvalue weighted by atomic mass is 10.3. The molecule has 0 atom stereocenters. The minimum absolute atomic E-state index is 0.929. The van der Waals surface area contributed by atoms with Crippen LogP contribution in [0.3, 0.4) is 0 Å². The van der Waals surface area contributed by atoms with E-state index in [1.165, 1.54) is 5.56 Å². The second-order valence-corrected chi connectivity index (χ2v) is 3.74. The zero-order valence-corrected chi connectivity index (χ0v) is 9.53. The zero-order valence-electron chi connectivity index (χ0n) is 5.22. The second kappa shape index (κ2) is 4.45. The summed E-state index contributed by atoms with van der Waals surface area (Å²) >= 11 is 4.36. The van der Waals surface area contributed by atoms with Crippen LogP contribution in [0.15, 0.2) is 24.5 Å². The molecular weight excluding hydrogens is 354 g/mol. The van der Waals surface area contributed by atoms with Crippen molar-refractivity contribution in [3.05, 3.63) is 30.1 Å². The highest BCUT2D eigenvalue weighted by atomic mass is 127. The molecule has 0 aliphatic heterocycles. The Labute approximate surface area is 88.0 Å². The zero-order chi connectivity index (χ0) is 7.40. The summed E-state index contributed by atoms with van der Waals surface area (Å²) in [6.07, 6.45) is 4.06. The van der Waals surface area contributed by atoms with E-state index in [4.69, 9.17) is 0 Å². The quantitative estimate of drug-likeness (QED) is 0.626. The van der Waals surface area contributed by atoms with E-state index in [2.05, 4.69) is 61.4 Å². The summed E-state index contributed by atoms with van der Waals surface area (Å²) in [6.45, 7) is 0.929. The van der Waals surface area contributed by atoms with Gasteiger partial charge >= 0.3 is 22.9 Å². The largest absolute Gasteiger partial charge is 0.353 e. The predicted molar refractivity (Wildman–Crippen MR) is 56.9 cm³/mol. The van der Waals surface area contributed by atoms with Gasteiger partial charge in [0, 0.05) is 41.5 Å². The van der Waals surface area contributed by atoms with Gasteiger partial charge in [-0.15, -0.1) is 2.78 Å². The Morgan fingerprint density at radius 2 is 2.00 bits per heavy atom. The molecule has 1 N–H and O–H groups in total. The molecule has 0 fully saturated rings. The van der Waals surface area contributed by atoms with E-state index in [1.54, 1.807) is 0 Å². The average molecular weight is 361 g/mol. The highest BCUT2D eigenvalue weighted by Gasteiger charge is 1.94. The monoisotopic (exact) mass is 361 g/mol. The van der Waals surface area contributed by atoms with E-state index in [1.807, 2.05) is 15.2 Å². The molecule has 4 heteroatoms. The molecule has 0 bridgehead atoms. The van der Waals surface area contributed by atoms with Crippen molar-refractivity contribution >= 4 is 45.7 Å². The van der Waals surface area contributed by atoms with Crippen molar-refractivity contribution in [2.75, 3.05) is 0 Å². The number of rotatable bonds is 2. The van der Waals surface area contributed by atoms with Gasteiger partial charge in [-0.3, -0.25) is 3.53 Å². The van der Waals surface area contributed by atoms with Crippen molar-refractivity contribution in [1.29, 1.82) is 0 Å². The topological polar surface area (TPSA) is 15.9 Å². The number of nitrogens with zero attached hydrogens (tertiary/aromatic N) is 1. The van der Waals surface area contributed by atoms with Crippen LogP contribution in [0.5, 0.6) is 0 Å². The third-order valence-electron chi connectivity index (χ3n) is 1.13. The van der Waals surface area contributed by atoms with Crippen molar-refractivity contribution in [2.24, 2.45) is 0 Å². The molecule has 1 aromatic heterocycles. The van der Waals surface area contributed by atoms with E-state index < -0.39 is 0 Å². The fourth-order valence-electron chi connectivity index (χ4n) is 0.634. The number of pyridine rings is 1. The summed E-state index contributed by atoms with van der Waals surface area (Å²) in [7, 11) is 0. The maximum atomic E-state index is 3.06. The minimum atomic E-state index is 0.929. The van der Waals surface area contributed by atoms with Gasteiger partial charge in [0.25, 0.3) is 0 Å². The molecule has 0 saturated heterocycles. The number of hydrogen-bond acceptors (Lipinski definition) is 1. The van der Waals surface area contributed by atoms with Crippen LogP contribution in [0.2, 0.25) is 0 Å². The Morgan fingerprint density at radius 3 is 2.50 bits per heavy atom. The Bertz CT molecular complexity index is 197. The molecular formula is C6H7I2N2+. The lowest BCUT2D eigenvalue weighted by molar-refractivity contribution is -0.440.